The molecule has 4 nitrogen and oxygen atoms in total. The minimum absolute atomic E-state index is 0.0748. The van der Waals surface area contributed by atoms with Crippen LogP contribution in [0.3, 0.4) is 0 Å². The molecule has 0 unspecified atom stereocenters. The molecule has 0 amide bonds. The average molecular weight is 599 g/mol. The molecule has 0 aromatic rings. The van der Waals surface area contributed by atoms with E-state index in [4.69, 9.17) is 13.3 Å². The molecule has 0 bridgehead atoms. The van der Waals surface area contributed by atoms with E-state index in [-0.39, 0.29) is 28.6 Å². The normalized spacial score (nSPS) is 27.0. The van der Waals surface area contributed by atoms with Gasteiger partial charge < -0.3 is 13.3 Å². The van der Waals surface area contributed by atoms with Crippen LogP contribution in [0.1, 0.15) is 98.8 Å². The Morgan fingerprint density at radius 2 is 1.44 bits per heavy atom. The number of carbonyl (C=O) groups excluding carboxylic acids is 1. The smallest absolute Gasteiger partial charge is 0.184 e. The Morgan fingerprint density at radius 1 is 0.846 bits per heavy atom. The summed E-state index contributed by atoms with van der Waals surface area (Å²) in [5, 5.41) is 0. The predicted molar refractivity (Wildman–Crippen MR) is 175 cm³/mol. The van der Waals surface area contributed by atoms with Crippen LogP contribution in [0.15, 0.2) is 0 Å². The van der Waals surface area contributed by atoms with Gasteiger partial charge in [0, 0.05) is 12.3 Å². The average Bonchev–Trinajstić information content (AvgIpc) is 3.03. The molecule has 2 aliphatic rings. The number of Topliss-reactive ketones (excluding diaryl/α,β-unsaturated/α-hetero) is 1. The van der Waals surface area contributed by atoms with Crippen molar-refractivity contribution in [2.45, 2.75) is 175 Å². The number of hydrogen-bond donors (Lipinski definition) is 0. The van der Waals surface area contributed by atoms with Crippen LogP contribution in [0.5, 0.6) is 0 Å². The lowest BCUT2D eigenvalue weighted by atomic mass is 9.61. The molecule has 0 radical (unpaired) electrons. The molecule has 5 atom stereocenters. The molecule has 0 aromatic carbocycles. The minimum Gasteiger partial charge on any atom is -0.413 e. The molecule has 0 aliphatic heterocycles. The van der Waals surface area contributed by atoms with Gasteiger partial charge in [-0.25, -0.2) is 0 Å². The van der Waals surface area contributed by atoms with Gasteiger partial charge in [0.25, 0.3) is 0 Å². The van der Waals surface area contributed by atoms with Crippen LogP contribution in [-0.4, -0.2) is 48.0 Å². The van der Waals surface area contributed by atoms with Gasteiger partial charge in [-0.15, -0.1) is 0 Å². The van der Waals surface area contributed by atoms with Crippen molar-refractivity contribution in [3.05, 3.63) is 0 Å². The summed E-state index contributed by atoms with van der Waals surface area (Å²) in [5.74, 6) is 2.07. The summed E-state index contributed by atoms with van der Waals surface area (Å²) in [4.78, 5) is 13.0. The fourth-order valence-electron chi connectivity index (χ4n) is 8.16. The number of rotatable bonds is 15. The zero-order valence-corrected chi connectivity index (χ0v) is 31.5. The standard InChI is InChI=1S/C32H66O4Si3/c1-30(2,35-38(9,10)11)23-15-17-25(26-20-21-27-28(33)18-16-24-32(26,27)5)19-22-29(34-37(6,7)8)31(3,4)36-39(12,13)14/h25-27,29H,15-24H2,1-14H3/t25-,26+,27-,29+,32+/m0/s1. The topological polar surface area (TPSA) is 44.8 Å². The van der Waals surface area contributed by atoms with Gasteiger partial charge >= 0.3 is 0 Å². The van der Waals surface area contributed by atoms with Crippen molar-refractivity contribution >= 4 is 30.7 Å². The number of ketones is 1. The molecular formula is C32H66O4Si3. The molecular weight excluding hydrogens is 533 g/mol. The highest BCUT2D eigenvalue weighted by Crippen LogP contribution is 2.58. The monoisotopic (exact) mass is 598 g/mol. The maximum atomic E-state index is 13.0. The van der Waals surface area contributed by atoms with Crippen molar-refractivity contribution < 1.29 is 18.1 Å². The highest BCUT2D eigenvalue weighted by Gasteiger charge is 2.53. The second-order valence-corrected chi connectivity index (χ2v) is 30.6. The Kier molecular flexibility index (Phi) is 11.6. The van der Waals surface area contributed by atoms with E-state index >= 15 is 0 Å². The van der Waals surface area contributed by atoms with Crippen molar-refractivity contribution in [1.29, 1.82) is 0 Å². The third kappa shape index (κ3) is 11.1. The molecule has 0 saturated heterocycles. The molecule has 0 heterocycles. The largest absolute Gasteiger partial charge is 0.413 e. The van der Waals surface area contributed by atoms with Crippen LogP contribution in [0, 0.1) is 23.2 Å². The first-order chi connectivity index (χ1) is 17.4. The Labute approximate surface area is 246 Å². The molecule has 2 fully saturated rings. The third-order valence-corrected chi connectivity index (χ3v) is 12.4. The van der Waals surface area contributed by atoms with Gasteiger partial charge in [0.2, 0.25) is 0 Å². The number of carbonyl (C=O) groups is 1. The van der Waals surface area contributed by atoms with E-state index < -0.39 is 25.0 Å². The maximum absolute atomic E-state index is 13.0. The third-order valence-electron chi connectivity index (χ3n) is 9.08. The van der Waals surface area contributed by atoms with E-state index in [0.717, 1.165) is 38.5 Å². The highest BCUT2D eigenvalue weighted by molar-refractivity contribution is 6.70. The first-order valence-electron chi connectivity index (χ1n) is 16.1. The van der Waals surface area contributed by atoms with Crippen molar-refractivity contribution in [2.24, 2.45) is 23.2 Å². The van der Waals surface area contributed by atoms with Gasteiger partial charge in [-0.05, 0) is 149 Å². The number of hydrogen-bond acceptors (Lipinski definition) is 4. The van der Waals surface area contributed by atoms with Gasteiger partial charge in [-0.1, -0.05) is 19.8 Å². The summed E-state index contributed by atoms with van der Waals surface area (Å²) in [7, 11) is -5.08. The lowest BCUT2D eigenvalue weighted by molar-refractivity contribution is -0.130. The summed E-state index contributed by atoms with van der Waals surface area (Å²) < 4.78 is 20.2. The van der Waals surface area contributed by atoms with Crippen molar-refractivity contribution in [3.63, 3.8) is 0 Å². The highest BCUT2D eigenvalue weighted by atomic mass is 28.4. The van der Waals surface area contributed by atoms with Crippen LogP contribution >= 0.6 is 0 Å². The first-order valence-corrected chi connectivity index (χ1v) is 26.3. The zero-order valence-electron chi connectivity index (χ0n) is 28.5. The second kappa shape index (κ2) is 12.8. The van der Waals surface area contributed by atoms with Gasteiger partial charge in [-0.2, -0.15) is 0 Å². The summed E-state index contributed by atoms with van der Waals surface area (Å²) in [5.41, 5.74) is -0.205. The fourth-order valence-corrected chi connectivity index (χ4v) is 12.9. The zero-order chi connectivity index (χ0) is 30.1. The molecule has 39 heavy (non-hydrogen) atoms. The van der Waals surface area contributed by atoms with Crippen LogP contribution in [0.4, 0.5) is 0 Å². The summed E-state index contributed by atoms with van der Waals surface area (Å²) in [6.07, 6.45) is 11.2. The van der Waals surface area contributed by atoms with E-state index in [1.54, 1.807) is 0 Å². The number of fused-ring (bicyclic) bond motifs is 1. The molecule has 2 rings (SSSR count). The molecule has 0 N–H and O–H groups in total. The maximum Gasteiger partial charge on any atom is 0.184 e. The van der Waals surface area contributed by atoms with Gasteiger partial charge in [0.1, 0.15) is 5.78 Å². The van der Waals surface area contributed by atoms with Gasteiger partial charge in [-0.3, -0.25) is 4.79 Å². The molecule has 2 aliphatic carbocycles. The second-order valence-electron chi connectivity index (χ2n) is 17.3. The van der Waals surface area contributed by atoms with Crippen LogP contribution in [0.25, 0.3) is 0 Å². The van der Waals surface area contributed by atoms with Crippen molar-refractivity contribution in [2.75, 3.05) is 0 Å². The molecule has 0 aromatic heterocycles. The Hall–Kier alpha value is 0.201. The van der Waals surface area contributed by atoms with E-state index in [2.05, 4.69) is 93.5 Å². The van der Waals surface area contributed by atoms with Gasteiger partial charge in [0.15, 0.2) is 25.0 Å². The summed E-state index contributed by atoms with van der Waals surface area (Å²) in [6, 6.07) is 0. The Balaban J connectivity index is 2.27. The van der Waals surface area contributed by atoms with Crippen molar-refractivity contribution in [1.82, 2.24) is 0 Å². The summed E-state index contributed by atoms with van der Waals surface area (Å²) in [6.45, 7) is 32.2. The molecule has 230 valence electrons. The Morgan fingerprint density at radius 3 is 1.97 bits per heavy atom. The first kappa shape index (κ1) is 35.4. The van der Waals surface area contributed by atoms with E-state index in [0.29, 0.717) is 17.6 Å². The SMILES string of the molecule is CC(C)(CCC[C@@H](CC[C@@H](O[Si](C)(C)C)C(C)(C)O[Si](C)(C)C)[C@H]1CC[C@H]2C(=O)CCC[C@]12C)O[Si](C)(C)C. The predicted octanol–water partition coefficient (Wildman–Crippen LogP) is 9.82. The minimum atomic E-state index is -1.76. The quantitative estimate of drug-likeness (QED) is 0.176. The summed E-state index contributed by atoms with van der Waals surface area (Å²) >= 11 is 0. The van der Waals surface area contributed by atoms with E-state index in [1.165, 1.54) is 25.7 Å². The van der Waals surface area contributed by atoms with Crippen LogP contribution in [-0.2, 0) is 18.1 Å². The lowest BCUT2D eigenvalue weighted by Gasteiger charge is -2.45. The molecule has 2 saturated carbocycles. The van der Waals surface area contributed by atoms with Crippen molar-refractivity contribution in [3.8, 4) is 0 Å². The van der Waals surface area contributed by atoms with Gasteiger partial charge in [0.05, 0.1) is 17.3 Å². The van der Waals surface area contributed by atoms with E-state index in [1.807, 2.05) is 0 Å². The lowest BCUT2D eigenvalue weighted by Crippen LogP contribution is -2.51. The Bertz CT molecular complexity index is 806. The van der Waals surface area contributed by atoms with Crippen LogP contribution in [0.2, 0.25) is 58.9 Å². The fraction of sp³-hybridized carbons (Fsp3) is 0.969. The van der Waals surface area contributed by atoms with E-state index in [9.17, 15) is 4.79 Å². The molecule has 0 spiro atoms. The molecule has 7 heteroatoms. The van der Waals surface area contributed by atoms with Crippen LogP contribution < -0.4 is 0 Å².